The SMILES string of the molecule is Cc1c(N)cccc1NC1CCN(C)C(C)C1. The van der Waals surface area contributed by atoms with E-state index in [2.05, 4.69) is 37.2 Å². The summed E-state index contributed by atoms with van der Waals surface area (Å²) in [4.78, 5) is 2.42. The van der Waals surface area contributed by atoms with Crippen LogP contribution in [0.5, 0.6) is 0 Å². The first-order chi connectivity index (χ1) is 8.08. The molecule has 0 amide bonds. The third-order valence-corrected chi connectivity index (χ3v) is 3.94. The van der Waals surface area contributed by atoms with Crippen molar-refractivity contribution >= 4 is 11.4 Å². The molecule has 3 N–H and O–H groups in total. The zero-order valence-corrected chi connectivity index (χ0v) is 11.0. The van der Waals surface area contributed by atoms with Gasteiger partial charge in [0.15, 0.2) is 0 Å². The molecule has 0 saturated carbocycles. The van der Waals surface area contributed by atoms with Crippen LogP contribution in [-0.2, 0) is 0 Å². The summed E-state index contributed by atoms with van der Waals surface area (Å²) in [5.74, 6) is 0. The maximum atomic E-state index is 5.93. The summed E-state index contributed by atoms with van der Waals surface area (Å²) in [7, 11) is 2.20. The molecule has 0 bridgehead atoms. The van der Waals surface area contributed by atoms with Gasteiger partial charge in [-0.1, -0.05) is 6.07 Å². The van der Waals surface area contributed by atoms with E-state index in [4.69, 9.17) is 5.73 Å². The molecule has 1 aliphatic heterocycles. The molecule has 1 saturated heterocycles. The lowest BCUT2D eigenvalue weighted by atomic mass is 9.98. The van der Waals surface area contributed by atoms with E-state index in [1.54, 1.807) is 0 Å². The molecule has 1 aliphatic rings. The Hall–Kier alpha value is -1.22. The molecule has 0 radical (unpaired) electrons. The van der Waals surface area contributed by atoms with Crippen molar-refractivity contribution in [2.24, 2.45) is 0 Å². The molecule has 0 spiro atoms. The van der Waals surface area contributed by atoms with Crippen molar-refractivity contribution < 1.29 is 0 Å². The Morgan fingerprint density at radius 1 is 1.41 bits per heavy atom. The number of nitrogens with one attached hydrogen (secondary N) is 1. The number of hydrogen-bond donors (Lipinski definition) is 2. The first-order valence-corrected chi connectivity index (χ1v) is 6.40. The van der Waals surface area contributed by atoms with Crippen molar-refractivity contribution in [2.75, 3.05) is 24.6 Å². The number of benzene rings is 1. The Balaban J connectivity index is 2.04. The molecule has 2 rings (SSSR count). The van der Waals surface area contributed by atoms with Gasteiger partial charge >= 0.3 is 0 Å². The highest BCUT2D eigenvalue weighted by molar-refractivity contribution is 5.63. The summed E-state index contributed by atoms with van der Waals surface area (Å²) in [6, 6.07) is 7.32. The van der Waals surface area contributed by atoms with E-state index in [1.807, 2.05) is 12.1 Å². The third-order valence-electron chi connectivity index (χ3n) is 3.94. The molecule has 1 fully saturated rings. The predicted octanol–water partition coefficient (Wildman–Crippen LogP) is 2.47. The van der Waals surface area contributed by atoms with Gasteiger partial charge in [0, 0.05) is 30.0 Å². The van der Waals surface area contributed by atoms with E-state index >= 15 is 0 Å². The maximum absolute atomic E-state index is 5.93. The number of nitrogens with zero attached hydrogens (tertiary/aromatic N) is 1. The number of hydrogen-bond acceptors (Lipinski definition) is 3. The fraction of sp³-hybridized carbons (Fsp3) is 0.571. The van der Waals surface area contributed by atoms with E-state index in [0.29, 0.717) is 12.1 Å². The van der Waals surface area contributed by atoms with Gasteiger partial charge in [0.1, 0.15) is 0 Å². The predicted molar refractivity (Wildman–Crippen MR) is 74.3 cm³/mol. The zero-order chi connectivity index (χ0) is 12.4. The van der Waals surface area contributed by atoms with Crippen LogP contribution in [0.1, 0.15) is 25.3 Å². The molecule has 2 atom stereocenters. The smallest absolute Gasteiger partial charge is 0.0392 e. The normalized spacial score (nSPS) is 25.8. The van der Waals surface area contributed by atoms with Crippen LogP contribution >= 0.6 is 0 Å². The molecule has 0 aromatic heterocycles. The molecule has 3 heteroatoms. The minimum absolute atomic E-state index is 0.571. The maximum Gasteiger partial charge on any atom is 0.0392 e. The summed E-state index contributed by atoms with van der Waals surface area (Å²) in [5.41, 5.74) is 9.15. The topological polar surface area (TPSA) is 41.3 Å². The lowest BCUT2D eigenvalue weighted by Gasteiger charge is -2.36. The number of nitrogen functional groups attached to an aromatic ring is 1. The monoisotopic (exact) mass is 233 g/mol. The summed E-state index contributed by atoms with van der Waals surface area (Å²) in [6.45, 7) is 5.54. The quantitative estimate of drug-likeness (QED) is 0.771. The Bertz CT molecular complexity index is 389. The standard InChI is InChI=1S/C14H23N3/c1-10-9-12(7-8-17(10)3)16-14-6-4-5-13(15)11(14)2/h4-6,10,12,16H,7-9,15H2,1-3H3. The minimum Gasteiger partial charge on any atom is -0.398 e. The molecule has 2 unspecified atom stereocenters. The Morgan fingerprint density at radius 2 is 2.18 bits per heavy atom. The third kappa shape index (κ3) is 2.72. The number of piperidine rings is 1. The van der Waals surface area contributed by atoms with Crippen LogP contribution in [0.4, 0.5) is 11.4 Å². The highest BCUT2D eigenvalue weighted by Crippen LogP contribution is 2.24. The van der Waals surface area contributed by atoms with Gasteiger partial charge in [-0.3, -0.25) is 0 Å². The summed E-state index contributed by atoms with van der Waals surface area (Å²) in [6.07, 6.45) is 2.40. The van der Waals surface area contributed by atoms with Crippen molar-refractivity contribution in [3.8, 4) is 0 Å². The molecule has 1 heterocycles. The van der Waals surface area contributed by atoms with Crippen molar-refractivity contribution in [3.63, 3.8) is 0 Å². The molecular formula is C14H23N3. The van der Waals surface area contributed by atoms with Crippen LogP contribution in [-0.4, -0.2) is 30.6 Å². The highest BCUT2D eigenvalue weighted by atomic mass is 15.1. The van der Waals surface area contributed by atoms with Crippen molar-refractivity contribution in [1.29, 1.82) is 0 Å². The molecule has 17 heavy (non-hydrogen) atoms. The molecule has 3 nitrogen and oxygen atoms in total. The fourth-order valence-corrected chi connectivity index (χ4v) is 2.45. The average Bonchev–Trinajstić information content (AvgIpc) is 2.30. The van der Waals surface area contributed by atoms with Crippen molar-refractivity contribution in [1.82, 2.24) is 4.90 Å². The van der Waals surface area contributed by atoms with Gasteiger partial charge in [0.05, 0.1) is 0 Å². The Morgan fingerprint density at radius 3 is 2.88 bits per heavy atom. The molecule has 1 aromatic carbocycles. The zero-order valence-electron chi connectivity index (χ0n) is 11.0. The van der Waals surface area contributed by atoms with Crippen molar-refractivity contribution in [2.45, 2.75) is 38.8 Å². The van der Waals surface area contributed by atoms with Crippen LogP contribution < -0.4 is 11.1 Å². The Kier molecular flexibility index (Phi) is 3.57. The van der Waals surface area contributed by atoms with Gasteiger partial charge in [0.2, 0.25) is 0 Å². The largest absolute Gasteiger partial charge is 0.398 e. The first kappa shape index (κ1) is 12.2. The minimum atomic E-state index is 0.571. The fourth-order valence-electron chi connectivity index (χ4n) is 2.45. The van der Waals surface area contributed by atoms with Crippen LogP contribution in [0.3, 0.4) is 0 Å². The van der Waals surface area contributed by atoms with Gasteiger partial charge in [-0.2, -0.15) is 0 Å². The molecular weight excluding hydrogens is 210 g/mol. The van der Waals surface area contributed by atoms with Crippen molar-refractivity contribution in [3.05, 3.63) is 23.8 Å². The van der Waals surface area contributed by atoms with Crippen LogP contribution in [0, 0.1) is 6.92 Å². The highest BCUT2D eigenvalue weighted by Gasteiger charge is 2.22. The second kappa shape index (κ2) is 4.96. The van der Waals surface area contributed by atoms with Gasteiger partial charge in [-0.05, 0) is 51.4 Å². The number of nitrogens with two attached hydrogens (primary N) is 1. The molecule has 0 aliphatic carbocycles. The number of anilines is 2. The Labute approximate surface area is 104 Å². The van der Waals surface area contributed by atoms with Gasteiger partial charge in [0.25, 0.3) is 0 Å². The van der Waals surface area contributed by atoms with Gasteiger partial charge in [-0.15, -0.1) is 0 Å². The second-order valence-corrected chi connectivity index (χ2v) is 5.22. The van der Waals surface area contributed by atoms with E-state index in [9.17, 15) is 0 Å². The summed E-state index contributed by atoms with van der Waals surface area (Å²) in [5, 5.41) is 3.63. The van der Waals surface area contributed by atoms with E-state index in [-0.39, 0.29) is 0 Å². The van der Waals surface area contributed by atoms with E-state index < -0.39 is 0 Å². The lowest BCUT2D eigenvalue weighted by molar-refractivity contribution is 0.190. The first-order valence-electron chi connectivity index (χ1n) is 6.40. The average molecular weight is 233 g/mol. The second-order valence-electron chi connectivity index (χ2n) is 5.22. The lowest BCUT2D eigenvalue weighted by Crippen LogP contribution is -2.42. The van der Waals surface area contributed by atoms with Gasteiger partial charge < -0.3 is 16.0 Å². The molecule has 1 aromatic rings. The van der Waals surface area contributed by atoms with E-state index in [0.717, 1.165) is 5.69 Å². The summed E-state index contributed by atoms with van der Waals surface area (Å²) >= 11 is 0. The molecule has 94 valence electrons. The van der Waals surface area contributed by atoms with Crippen LogP contribution in [0.25, 0.3) is 0 Å². The summed E-state index contributed by atoms with van der Waals surface area (Å²) < 4.78 is 0. The van der Waals surface area contributed by atoms with Crippen LogP contribution in [0.2, 0.25) is 0 Å². The van der Waals surface area contributed by atoms with Gasteiger partial charge in [-0.25, -0.2) is 0 Å². The number of rotatable bonds is 2. The van der Waals surface area contributed by atoms with E-state index in [1.165, 1.54) is 30.6 Å². The van der Waals surface area contributed by atoms with Crippen LogP contribution in [0.15, 0.2) is 18.2 Å². The number of likely N-dealkylation sites (tertiary alicyclic amines) is 1.